The summed E-state index contributed by atoms with van der Waals surface area (Å²) in [6.07, 6.45) is -0.653. The van der Waals surface area contributed by atoms with Crippen molar-refractivity contribution in [3.63, 3.8) is 0 Å². The van der Waals surface area contributed by atoms with Gasteiger partial charge in [0.25, 0.3) is 0 Å². The molecule has 0 aromatic carbocycles. The third-order valence-electron chi connectivity index (χ3n) is 1.92. The van der Waals surface area contributed by atoms with Crippen LogP contribution >= 0.6 is 0 Å². The lowest BCUT2D eigenvalue weighted by atomic mass is 10.2. The SMILES string of the molecule is C[C@H](C(=O)O)N(CCC#N)C(=O)OC(C)(C)C. The second-order valence-electron chi connectivity index (χ2n) is 4.60. The monoisotopic (exact) mass is 242 g/mol. The number of carbonyl (C=O) groups is 2. The molecule has 0 radical (unpaired) electrons. The van der Waals surface area contributed by atoms with Gasteiger partial charge in [0, 0.05) is 6.54 Å². The Morgan fingerprint density at radius 3 is 2.35 bits per heavy atom. The molecule has 0 aromatic heterocycles. The smallest absolute Gasteiger partial charge is 0.411 e. The van der Waals surface area contributed by atoms with Gasteiger partial charge in [-0.2, -0.15) is 5.26 Å². The van der Waals surface area contributed by atoms with Crippen LogP contribution in [0.3, 0.4) is 0 Å². The second-order valence-corrected chi connectivity index (χ2v) is 4.60. The lowest BCUT2D eigenvalue weighted by Crippen LogP contribution is -2.46. The van der Waals surface area contributed by atoms with Gasteiger partial charge in [-0.1, -0.05) is 0 Å². The van der Waals surface area contributed by atoms with E-state index in [4.69, 9.17) is 15.1 Å². The van der Waals surface area contributed by atoms with E-state index in [0.29, 0.717) is 0 Å². The number of carboxylic acid groups (broad SMARTS) is 1. The first kappa shape index (κ1) is 15.2. The van der Waals surface area contributed by atoms with Gasteiger partial charge in [0.15, 0.2) is 0 Å². The third-order valence-corrected chi connectivity index (χ3v) is 1.92. The highest BCUT2D eigenvalue weighted by molar-refractivity contribution is 5.79. The minimum atomic E-state index is -1.13. The van der Waals surface area contributed by atoms with E-state index >= 15 is 0 Å². The Hall–Kier alpha value is -1.77. The summed E-state index contributed by atoms with van der Waals surface area (Å²) < 4.78 is 5.08. The number of carbonyl (C=O) groups excluding carboxylic acids is 1. The minimum absolute atomic E-state index is 0.0406. The highest BCUT2D eigenvalue weighted by atomic mass is 16.6. The number of rotatable bonds is 4. The standard InChI is InChI=1S/C11H18N2O4/c1-8(9(14)15)13(7-5-6-12)10(16)17-11(2,3)4/h8H,5,7H2,1-4H3,(H,14,15)/t8-/m1/s1. The summed E-state index contributed by atoms with van der Waals surface area (Å²) in [4.78, 5) is 23.6. The summed E-state index contributed by atoms with van der Waals surface area (Å²) in [6, 6.07) is 0.852. The van der Waals surface area contributed by atoms with Gasteiger partial charge < -0.3 is 9.84 Å². The topological polar surface area (TPSA) is 90.6 Å². The second kappa shape index (κ2) is 6.09. The molecule has 0 bridgehead atoms. The van der Waals surface area contributed by atoms with E-state index in [1.54, 1.807) is 20.8 Å². The van der Waals surface area contributed by atoms with Gasteiger partial charge in [0.1, 0.15) is 11.6 Å². The predicted molar refractivity (Wildman–Crippen MR) is 60.3 cm³/mol. The number of nitrogens with zero attached hydrogens (tertiary/aromatic N) is 2. The molecule has 0 aliphatic carbocycles. The van der Waals surface area contributed by atoms with Crippen LogP contribution in [-0.2, 0) is 9.53 Å². The molecule has 0 spiro atoms. The zero-order valence-corrected chi connectivity index (χ0v) is 10.6. The van der Waals surface area contributed by atoms with Crippen molar-refractivity contribution in [2.24, 2.45) is 0 Å². The molecule has 1 atom stereocenters. The number of hydrogen-bond donors (Lipinski definition) is 1. The van der Waals surface area contributed by atoms with E-state index in [9.17, 15) is 9.59 Å². The van der Waals surface area contributed by atoms with Gasteiger partial charge in [0.05, 0.1) is 12.5 Å². The molecule has 6 nitrogen and oxygen atoms in total. The largest absolute Gasteiger partial charge is 0.480 e. The van der Waals surface area contributed by atoms with Crippen molar-refractivity contribution in [1.29, 1.82) is 5.26 Å². The summed E-state index contributed by atoms with van der Waals surface area (Å²) in [5, 5.41) is 17.3. The van der Waals surface area contributed by atoms with Crippen LogP contribution in [0, 0.1) is 11.3 Å². The number of hydrogen-bond acceptors (Lipinski definition) is 4. The number of nitriles is 1. The molecule has 0 aliphatic heterocycles. The van der Waals surface area contributed by atoms with Crippen LogP contribution in [0.1, 0.15) is 34.1 Å². The maximum absolute atomic E-state index is 11.7. The molecule has 0 saturated carbocycles. The quantitative estimate of drug-likeness (QED) is 0.808. The molecule has 96 valence electrons. The summed E-state index contributed by atoms with van der Waals surface area (Å²) >= 11 is 0. The third kappa shape index (κ3) is 5.76. The molecule has 0 saturated heterocycles. The predicted octanol–water partition coefficient (Wildman–Crippen LogP) is 1.61. The van der Waals surface area contributed by atoms with Crippen LogP contribution in [0.25, 0.3) is 0 Å². The Balaban J connectivity index is 4.74. The number of amides is 1. The first-order valence-electron chi connectivity index (χ1n) is 5.28. The van der Waals surface area contributed by atoms with Crippen LogP contribution < -0.4 is 0 Å². The van der Waals surface area contributed by atoms with Gasteiger partial charge in [-0.15, -0.1) is 0 Å². The Morgan fingerprint density at radius 2 is 2.00 bits per heavy atom. The fourth-order valence-electron chi connectivity index (χ4n) is 1.07. The maximum Gasteiger partial charge on any atom is 0.411 e. The number of aliphatic carboxylic acids is 1. The van der Waals surface area contributed by atoms with Gasteiger partial charge in [0.2, 0.25) is 0 Å². The van der Waals surface area contributed by atoms with E-state index < -0.39 is 23.7 Å². The molecular weight excluding hydrogens is 224 g/mol. The maximum atomic E-state index is 11.7. The summed E-state index contributed by atoms with van der Waals surface area (Å²) in [5.41, 5.74) is -0.694. The van der Waals surface area contributed by atoms with Gasteiger partial charge >= 0.3 is 12.1 Å². The molecule has 0 aromatic rings. The molecular formula is C11H18N2O4. The molecule has 0 rings (SSSR count). The lowest BCUT2D eigenvalue weighted by Gasteiger charge is -2.29. The zero-order chi connectivity index (χ0) is 13.6. The Morgan fingerprint density at radius 1 is 1.47 bits per heavy atom. The van der Waals surface area contributed by atoms with Crippen molar-refractivity contribution in [2.45, 2.75) is 45.8 Å². The summed E-state index contributed by atoms with van der Waals surface area (Å²) in [7, 11) is 0. The van der Waals surface area contributed by atoms with Crippen molar-refractivity contribution in [3.05, 3.63) is 0 Å². The first-order chi connectivity index (χ1) is 7.69. The van der Waals surface area contributed by atoms with Crippen LogP contribution in [0.15, 0.2) is 0 Å². The summed E-state index contributed by atoms with van der Waals surface area (Å²) in [5.74, 6) is -1.13. The fraction of sp³-hybridized carbons (Fsp3) is 0.727. The molecule has 6 heteroatoms. The lowest BCUT2D eigenvalue weighted by molar-refractivity contribution is -0.142. The molecule has 0 fully saturated rings. The molecule has 0 unspecified atom stereocenters. The number of ether oxygens (including phenoxy) is 1. The van der Waals surface area contributed by atoms with Crippen LogP contribution in [0.4, 0.5) is 4.79 Å². The number of carboxylic acids is 1. The normalized spacial score (nSPS) is 12.4. The molecule has 0 aliphatic rings. The minimum Gasteiger partial charge on any atom is -0.480 e. The highest BCUT2D eigenvalue weighted by Crippen LogP contribution is 2.12. The Kier molecular flexibility index (Phi) is 5.45. The van der Waals surface area contributed by atoms with E-state index in [1.807, 2.05) is 6.07 Å². The van der Waals surface area contributed by atoms with Gasteiger partial charge in [-0.05, 0) is 27.7 Å². The molecule has 0 heterocycles. The van der Waals surface area contributed by atoms with Crippen LogP contribution in [0.5, 0.6) is 0 Å². The van der Waals surface area contributed by atoms with E-state index in [0.717, 1.165) is 4.90 Å². The van der Waals surface area contributed by atoms with Crippen molar-refractivity contribution in [3.8, 4) is 6.07 Å². The average molecular weight is 242 g/mol. The molecule has 1 amide bonds. The van der Waals surface area contributed by atoms with Gasteiger partial charge in [-0.3, -0.25) is 4.90 Å². The van der Waals surface area contributed by atoms with Crippen molar-refractivity contribution >= 4 is 12.1 Å². The van der Waals surface area contributed by atoms with Crippen molar-refractivity contribution in [2.75, 3.05) is 6.54 Å². The van der Waals surface area contributed by atoms with Crippen LogP contribution in [0.2, 0.25) is 0 Å². The molecule has 1 N–H and O–H groups in total. The first-order valence-corrected chi connectivity index (χ1v) is 5.28. The Labute approximate surface area is 101 Å². The van der Waals surface area contributed by atoms with Gasteiger partial charge in [-0.25, -0.2) is 9.59 Å². The Bertz CT molecular complexity index is 327. The van der Waals surface area contributed by atoms with E-state index in [-0.39, 0.29) is 13.0 Å². The highest BCUT2D eigenvalue weighted by Gasteiger charge is 2.29. The van der Waals surface area contributed by atoms with Crippen LogP contribution in [-0.4, -0.2) is 40.3 Å². The fourth-order valence-corrected chi connectivity index (χ4v) is 1.07. The van der Waals surface area contributed by atoms with E-state index in [1.165, 1.54) is 6.92 Å². The molecule has 17 heavy (non-hydrogen) atoms. The average Bonchev–Trinajstić information content (AvgIpc) is 2.15. The van der Waals surface area contributed by atoms with E-state index in [2.05, 4.69) is 0 Å². The van der Waals surface area contributed by atoms with Crippen molar-refractivity contribution < 1.29 is 19.4 Å². The van der Waals surface area contributed by atoms with Crippen molar-refractivity contribution in [1.82, 2.24) is 4.90 Å². The zero-order valence-electron chi connectivity index (χ0n) is 10.6. The summed E-state index contributed by atoms with van der Waals surface area (Å²) in [6.45, 7) is 6.50.